The first-order valence-electron chi connectivity index (χ1n) is 10.3. The number of hydrogen-bond donors (Lipinski definition) is 3. The van der Waals surface area contributed by atoms with E-state index >= 15 is 0 Å². The van der Waals surface area contributed by atoms with Gasteiger partial charge in [-0.25, -0.2) is 9.97 Å². The molecule has 0 spiro atoms. The van der Waals surface area contributed by atoms with Crippen molar-refractivity contribution in [1.82, 2.24) is 15.0 Å². The summed E-state index contributed by atoms with van der Waals surface area (Å²) < 4.78 is 11.9. The minimum atomic E-state index is -0.469. The number of ether oxygens (including phenoxy) is 2. The van der Waals surface area contributed by atoms with E-state index in [0.29, 0.717) is 54.7 Å². The van der Waals surface area contributed by atoms with Crippen molar-refractivity contribution in [3.8, 4) is 22.8 Å². The van der Waals surface area contributed by atoms with E-state index in [-0.39, 0.29) is 11.5 Å². The first-order chi connectivity index (χ1) is 15.6. The second kappa shape index (κ2) is 9.48. The van der Waals surface area contributed by atoms with Gasteiger partial charge in [-0.05, 0) is 31.2 Å². The average molecular weight is 435 g/mol. The van der Waals surface area contributed by atoms with Crippen LogP contribution >= 0.6 is 0 Å². The van der Waals surface area contributed by atoms with Gasteiger partial charge in [0.05, 0.1) is 42.6 Å². The van der Waals surface area contributed by atoms with Crippen LogP contribution in [0.4, 0.5) is 17.2 Å². The predicted molar refractivity (Wildman–Crippen MR) is 122 cm³/mol. The molecule has 1 aromatic carbocycles. The number of nitrogens with zero attached hydrogens (tertiary/aromatic N) is 4. The number of amides is 1. The molecule has 0 saturated heterocycles. The fourth-order valence-corrected chi connectivity index (χ4v) is 3.30. The van der Waals surface area contributed by atoms with Crippen LogP contribution in [0.1, 0.15) is 16.9 Å². The van der Waals surface area contributed by atoms with E-state index in [9.17, 15) is 4.79 Å². The number of nitrogens with one attached hydrogen (secondary N) is 1. The third-order valence-electron chi connectivity index (χ3n) is 5.00. The van der Waals surface area contributed by atoms with Crippen LogP contribution < -0.4 is 31.2 Å². The van der Waals surface area contributed by atoms with Crippen molar-refractivity contribution in [2.75, 3.05) is 49.3 Å². The zero-order valence-electron chi connectivity index (χ0n) is 17.7. The van der Waals surface area contributed by atoms with Crippen molar-refractivity contribution >= 4 is 23.1 Å². The Morgan fingerprint density at radius 3 is 3.00 bits per heavy atom. The van der Waals surface area contributed by atoms with Gasteiger partial charge >= 0.3 is 0 Å². The molecule has 0 fully saturated rings. The van der Waals surface area contributed by atoms with Crippen LogP contribution in [0.25, 0.3) is 11.3 Å². The van der Waals surface area contributed by atoms with Gasteiger partial charge in [0.2, 0.25) is 0 Å². The number of nitrogens with two attached hydrogens (primary N) is 2. The molecule has 0 atom stereocenters. The lowest BCUT2D eigenvalue weighted by Crippen LogP contribution is -2.25. The summed E-state index contributed by atoms with van der Waals surface area (Å²) in [5.41, 5.74) is 14.0. The van der Waals surface area contributed by atoms with E-state index in [1.165, 1.54) is 6.20 Å². The summed E-state index contributed by atoms with van der Waals surface area (Å²) in [5.74, 6) is 0.794. The van der Waals surface area contributed by atoms with Crippen LogP contribution in [0.15, 0.2) is 42.9 Å². The molecular weight excluding hydrogens is 410 g/mol. The summed E-state index contributed by atoms with van der Waals surface area (Å²) in [4.78, 5) is 27.7. The van der Waals surface area contributed by atoms with Crippen molar-refractivity contribution in [3.05, 3.63) is 48.5 Å². The van der Waals surface area contributed by atoms with Gasteiger partial charge in [-0.3, -0.25) is 9.78 Å². The number of nitrogen functional groups attached to an aromatic ring is 1. The molecule has 1 aliphatic rings. The van der Waals surface area contributed by atoms with E-state index in [1.54, 1.807) is 18.5 Å². The Morgan fingerprint density at radius 1 is 1.28 bits per heavy atom. The van der Waals surface area contributed by atoms with Crippen LogP contribution in [0.2, 0.25) is 0 Å². The summed E-state index contributed by atoms with van der Waals surface area (Å²) in [6.45, 7) is 2.02. The third kappa shape index (κ3) is 4.54. The highest BCUT2D eigenvalue weighted by molar-refractivity contribution is 6.07. The quantitative estimate of drug-likeness (QED) is 0.524. The van der Waals surface area contributed by atoms with Gasteiger partial charge in [0.15, 0.2) is 11.5 Å². The van der Waals surface area contributed by atoms with Gasteiger partial charge in [-0.15, -0.1) is 0 Å². The van der Waals surface area contributed by atoms with Crippen molar-refractivity contribution < 1.29 is 14.3 Å². The Hall–Kier alpha value is -3.92. The van der Waals surface area contributed by atoms with E-state index in [1.807, 2.05) is 30.1 Å². The molecule has 166 valence electrons. The van der Waals surface area contributed by atoms with Crippen LogP contribution in [0, 0.1) is 0 Å². The minimum absolute atomic E-state index is 0.0217. The highest BCUT2D eigenvalue weighted by Crippen LogP contribution is 2.34. The molecule has 1 aliphatic heterocycles. The number of anilines is 3. The second-order valence-corrected chi connectivity index (χ2v) is 7.25. The summed E-state index contributed by atoms with van der Waals surface area (Å²) >= 11 is 0. The maximum Gasteiger partial charge on any atom is 0.278 e. The lowest BCUT2D eigenvalue weighted by Gasteiger charge is -2.22. The zero-order chi connectivity index (χ0) is 22.5. The van der Waals surface area contributed by atoms with Crippen LogP contribution in [-0.4, -0.2) is 54.2 Å². The summed E-state index contributed by atoms with van der Waals surface area (Å²) in [6, 6.07) is 7.28. The number of carbonyl (C=O) groups is 1. The Labute approximate surface area is 185 Å². The number of carbonyl (C=O) groups excluding carboxylic acids is 1. The Kier molecular flexibility index (Phi) is 6.31. The molecule has 0 unspecified atom stereocenters. The highest BCUT2D eigenvalue weighted by atomic mass is 16.5. The lowest BCUT2D eigenvalue weighted by atomic mass is 10.1. The van der Waals surface area contributed by atoms with Crippen molar-refractivity contribution in [3.63, 3.8) is 0 Å². The zero-order valence-corrected chi connectivity index (χ0v) is 17.7. The second-order valence-electron chi connectivity index (χ2n) is 7.25. The summed E-state index contributed by atoms with van der Waals surface area (Å²) in [6.07, 6.45) is 5.51. The van der Waals surface area contributed by atoms with E-state index < -0.39 is 5.91 Å². The monoisotopic (exact) mass is 435 g/mol. The van der Waals surface area contributed by atoms with Gasteiger partial charge < -0.3 is 31.2 Å². The molecule has 0 saturated carbocycles. The summed E-state index contributed by atoms with van der Waals surface area (Å²) in [7, 11) is 1.91. The van der Waals surface area contributed by atoms with Gasteiger partial charge in [0.25, 0.3) is 5.91 Å². The molecule has 0 radical (unpaired) electrons. The largest absolute Gasteiger partial charge is 0.493 e. The number of likely N-dealkylation sites (N-methyl/N-ethyl adjacent to an activating group) is 1. The van der Waals surface area contributed by atoms with E-state index in [4.69, 9.17) is 20.9 Å². The van der Waals surface area contributed by atoms with Gasteiger partial charge in [0, 0.05) is 24.9 Å². The van der Waals surface area contributed by atoms with Crippen molar-refractivity contribution in [2.45, 2.75) is 6.42 Å². The number of rotatable bonds is 4. The number of hydrogen-bond acceptors (Lipinski definition) is 9. The van der Waals surface area contributed by atoms with E-state index in [0.717, 1.165) is 12.1 Å². The fraction of sp³-hybridized carbons (Fsp3) is 0.273. The maximum atomic E-state index is 13.0. The van der Waals surface area contributed by atoms with Crippen LogP contribution in [-0.2, 0) is 0 Å². The van der Waals surface area contributed by atoms with Gasteiger partial charge in [-0.2, -0.15) is 0 Å². The van der Waals surface area contributed by atoms with Crippen molar-refractivity contribution in [2.24, 2.45) is 5.73 Å². The minimum Gasteiger partial charge on any atom is -0.493 e. The SMILES string of the molecule is CN1CCOc2cc(OCCCN)ccc2-c2cnc(N)c(n2)C(=O)Nc2cnccc21. The van der Waals surface area contributed by atoms with Crippen LogP contribution in [0.3, 0.4) is 0 Å². The molecular formula is C22H25N7O3. The molecule has 0 aliphatic carbocycles. The molecule has 2 aromatic heterocycles. The Bertz CT molecular complexity index is 1120. The van der Waals surface area contributed by atoms with Crippen molar-refractivity contribution in [1.29, 1.82) is 0 Å². The predicted octanol–water partition coefficient (Wildman–Crippen LogP) is 1.93. The first-order valence-corrected chi connectivity index (χ1v) is 10.3. The molecule has 2 bridgehead atoms. The Morgan fingerprint density at radius 2 is 2.16 bits per heavy atom. The number of fused-ring (bicyclic) bond motifs is 5. The number of pyridine rings is 1. The fourth-order valence-electron chi connectivity index (χ4n) is 3.30. The molecule has 10 heteroatoms. The molecule has 3 aromatic rings. The Balaban J connectivity index is 1.76. The standard InChI is InChI=1S/C22H25N7O3/c1-29-8-10-32-19-11-14(31-9-2-6-23)3-4-15(19)16-13-26-21(24)20(27-16)22(30)28-17-12-25-7-5-18(17)29/h3-5,7,11-13H,2,6,8-10,23H2,1H3,(H2,24,26)(H,28,30). The topological polar surface area (TPSA) is 142 Å². The van der Waals surface area contributed by atoms with Crippen LogP contribution in [0.5, 0.6) is 11.5 Å². The lowest BCUT2D eigenvalue weighted by molar-refractivity contribution is 0.102. The molecule has 5 N–H and O–H groups in total. The van der Waals surface area contributed by atoms with Gasteiger partial charge in [-0.1, -0.05) is 0 Å². The number of benzene rings is 1. The molecule has 10 nitrogen and oxygen atoms in total. The maximum absolute atomic E-state index is 13.0. The molecule has 4 rings (SSSR count). The van der Waals surface area contributed by atoms with Gasteiger partial charge in [0.1, 0.15) is 18.1 Å². The third-order valence-corrected chi connectivity index (χ3v) is 5.00. The average Bonchev–Trinajstić information content (AvgIpc) is 2.80. The summed E-state index contributed by atoms with van der Waals surface area (Å²) in [5, 5.41) is 2.84. The smallest absolute Gasteiger partial charge is 0.278 e. The number of aromatic nitrogens is 3. The molecule has 1 amide bonds. The first kappa shape index (κ1) is 21.3. The normalized spacial score (nSPS) is 13.4. The molecule has 32 heavy (non-hydrogen) atoms. The van der Waals surface area contributed by atoms with E-state index in [2.05, 4.69) is 20.3 Å². The molecule has 3 heterocycles. The highest BCUT2D eigenvalue weighted by Gasteiger charge is 2.20.